The first-order chi connectivity index (χ1) is 6.29. The first-order valence-electron chi connectivity index (χ1n) is 4.24. The zero-order valence-corrected chi connectivity index (χ0v) is 7.90. The zero-order valence-electron chi connectivity index (χ0n) is 7.90. The summed E-state index contributed by atoms with van der Waals surface area (Å²) in [5.41, 5.74) is 7.79. The molecule has 1 rings (SSSR count). The molecule has 0 amide bonds. The Balaban J connectivity index is 2.91. The van der Waals surface area contributed by atoms with Crippen LogP contribution in [0.2, 0.25) is 0 Å². The van der Waals surface area contributed by atoms with Gasteiger partial charge in [-0.1, -0.05) is 6.08 Å². The van der Waals surface area contributed by atoms with Crippen LogP contribution in [0.1, 0.15) is 5.56 Å². The predicted molar refractivity (Wildman–Crippen MR) is 55.6 cm³/mol. The van der Waals surface area contributed by atoms with Crippen molar-refractivity contribution in [3.8, 4) is 0 Å². The Morgan fingerprint density at radius 3 is 3.08 bits per heavy atom. The number of pyridine rings is 1. The van der Waals surface area contributed by atoms with E-state index in [1.165, 1.54) is 0 Å². The van der Waals surface area contributed by atoms with Crippen molar-refractivity contribution in [2.45, 2.75) is 6.54 Å². The van der Waals surface area contributed by atoms with E-state index >= 15 is 0 Å². The smallest absolute Gasteiger partial charge is 0.0598 e. The molecule has 0 aliphatic carbocycles. The summed E-state index contributed by atoms with van der Waals surface area (Å²) >= 11 is 0. The van der Waals surface area contributed by atoms with Crippen LogP contribution in [0.5, 0.6) is 0 Å². The standard InChI is InChI=1S/C10H15N3/c1-3-6-13(2)10-8-12-5-4-9(10)7-11/h3-5,8H,1,6-7,11H2,2H3. The molecule has 1 aromatic rings. The summed E-state index contributed by atoms with van der Waals surface area (Å²) in [6.45, 7) is 5.03. The van der Waals surface area contributed by atoms with Gasteiger partial charge in [-0.3, -0.25) is 4.98 Å². The highest BCUT2D eigenvalue weighted by Crippen LogP contribution is 2.16. The average Bonchev–Trinajstić information content (AvgIpc) is 2.18. The fraction of sp³-hybridized carbons (Fsp3) is 0.300. The van der Waals surface area contributed by atoms with E-state index in [2.05, 4.69) is 16.5 Å². The summed E-state index contributed by atoms with van der Waals surface area (Å²) in [5, 5.41) is 0. The van der Waals surface area contributed by atoms with Gasteiger partial charge in [-0.05, 0) is 11.6 Å². The van der Waals surface area contributed by atoms with Gasteiger partial charge < -0.3 is 10.6 Å². The molecule has 0 saturated carbocycles. The van der Waals surface area contributed by atoms with Gasteiger partial charge >= 0.3 is 0 Å². The van der Waals surface area contributed by atoms with E-state index in [1.807, 2.05) is 25.4 Å². The zero-order chi connectivity index (χ0) is 9.68. The fourth-order valence-corrected chi connectivity index (χ4v) is 1.22. The first kappa shape index (κ1) is 9.74. The predicted octanol–water partition coefficient (Wildman–Crippen LogP) is 1.16. The van der Waals surface area contributed by atoms with Gasteiger partial charge in [0.2, 0.25) is 0 Å². The minimum absolute atomic E-state index is 0.541. The SMILES string of the molecule is C=CCN(C)c1cnccc1CN. The minimum Gasteiger partial charge on any atom is -0.369 e. The molecule has 0 fully saturated rings. The molecule has 0 bridgehead atoms. The Bertz CT molecular complexity index is 283. The van der Waals surface area contributed by atoms with Gasteiger partial charge in [0.05, 0.1) is 11.9 Å². The average molecular weight is 177 g/mol. The Morgan fingerprint density at radius 1 is 1.69 bits per heavy atom. The van der Waals surface area contributed by atoms with Crippen LogP contribution in [0.25, 0.3) is 0 Å². The van der Waals surface area contributed by atoms with Crippen molar-refractivity contribution < 1.29 is 0 Å². The molecule has 0 saturated heterocycles. The number of aromatic nitrogens is 1. The van der Waals surface area contributed by atoms with Crippen molar-refractivity contribution in [3.63, 3.8) is 0 Å². The number of likely N-dealkylation sites (N-methyl/N-ethyl adjacent to an activating group) is 1. The van der Waals surface area contributed by atoms with Crippen LogP contribution < -0.4 is 10.6 Å². The summed E-state index contributed by atoms with van der Waals surface area (Å²) < 4.78 is 0. The second-order valence-electron chi connectivity index (χ2n) is 2.88. The number of nitrogens with two attached hydrogens (primary N) is 1. The van der Waals surface area contributed by atoms with Crippen molar-refractivity contribution in [3.05, 3.63) is 36.7 Å². The molecule has 0 radical (unpaired) electrons. The van der Waals surface area contributed by atoms with Crippen LogP contribution in [0.15, 0.2) is 31.1 Å². The minimum atomic E-state index is 0.541. The molecule has 13 heavy (non-hydrogen) atoms. The molecule has 2 N–H and O–H groups in total. The highest BCUT2D eigenvalue weighted by Gasteiger charge is 2.03. The topological polar surface area (TPSA) is 42.2 Å². The molecule has 0 aliphatic rings. The lowest BCUT2D eigenvalue weighted by molar-refractivity contribution is 0.972. The van der Waals surface area contributed by atoms with Crippen LogP contribution in [0.4, 0.5) is 5.69 Å². The van der Waals surface area contributed by atoms with Gasteiger partial charge in [0.1, 0.15) is 0 Å². The van der Waals surface area contributed by atoms with Crippen molar-refractivity contribution in [2.75, 3.05) is 18.5 Å². The Kier molecular flexibility index (Phi) is 3.46. The third-order valence-corrected chi connectivity index (χ3v) is 1.92. The molecule has 0 aromatic carbocycles. The molecule has 0 aliphatic heterocycles. The van der Waals surface area contributed by atoms with Crippen molar-refractivity contribution in [1.82, 2.24) is 4.98 Å². The Hall–Kier alpha value is -1.35. The maximum atomic E-state index is 5.60. The number of nitrogens with zero attached hydrogens (tertiary/aromatic N) is 2. The lowest BCUT2D eigenvalue weighted by Crippen LogP contribution is -2.19. The lowest BCUT2D eigenvalue weighted by atomic mass is 10.2. The van der Waals surface area contributed by atoms with Gasteiger partial charge in [-0.15, -0.1) is 6.58 Å². The number of hydrogen-bond donors (Lipinski definition) is 1. The molecule has 70 valence electrons. The van der Waals surface area contributed by atoms with Crippen LogP contribution in [0.3, 0.4) is 0 Å². The van der Waals surface area contributed by atoms with Crippen LogP contribution in [-0.4, -0.2) is 18.6 Å². The maximum Gasteiger partial charge on any atom is 0.0598 e. The molecular weight excluding hydrogens is 162 g/mol. The molecular formula is C10H15N3. The van der Waals surface area contributed by atoms with E-state index in [4.69, 9.17) is 5.73 Å². The second kappa shape index (κ2) is 4.62. The summed E-state index contributed by atoms with van der Waals surface area (Å²) in [6, 6.07) is 1.94. The Morgan fingerprint density at radius 2 is 2.46 bits per heavy atom. The van der Waals surface area contributed by atoms with Crippen molar-refractivity contribution >= 4 is 5.69 Å². The van der Waals surface area contributed by atoms with Gasteiger partial charge in [0.25, 0.3) is 0 Å². The summed E-state index contributed by atoms with van der Waals surface area (Å²) in [4.78, 5) is 6.14. The molecule has 3 nitrogen and oxygen atoms in total. The van der Waals surface area contributed by atoms with Crippen molar-refractivity contribution in [1.29, 1.82) is 0 Å². The van der Waals surface area contributed by atoms with Gasteiger partial charge in [0.15, 0.2) is 0 Å². The van der Waals surface area contributed by atoms with E-state index in [0.717, 1.165) is 17.8 Å². The summed E-state index contributed by atoms with van der Waals surface area (Å²) in [5.74, 6) is 0. The van der Waals surface area contributed by atoms with E-state index in [0.29, 0.717) is 6.54 Å². The normalized spacial score (nSPS) is 9.69. The van der Waals surface area contributed by atoms with E-state index in [9.17, 15) is 0 Å². The fourth-order valence-electron chi connectivity index (χ4n) is 1.22. The quantitative estimate of drug-likeness (QED) is 0.702. The van der Waals surface area contributed by atoms with E-state index < -0.39 is 0 Å². The molecule has 1 heterocycles. The molecule has 3 heteroatoms. The van der Waals surface area contributed by atoms with Crippen molar-refractivity contribution in [2.24, 2.45) is 5.73 Å². The van der Waals surface area contributed by atoms with E-state index in [-0.39, 0.29) is 0 Å². The largest absolute Gasteiger partial charge is 0.369 e. The first-order valence-corrected chi connectivity index (χ1v) is 4.24. The van der Waals surface area contributed by atoms with Gasteiger partial charge in [-0.2, -0.15) is 0 Å². The molecule has 1 aromatic heterocycles. The highest BCUT2D eigenvalue weighted by atomic mass is 15.1. The molecule has 0 spiro atoms. The van der Waals surface area contributed by atoms with Gasteiger partial charge in [-0.25, -0.2) is 0 Å². The summed E-state index contributed by atoms with van der Waals surface area (Å²) in [6.07, 6.45) is 5.44. The van der Waals surface area contributed by atoms with Gasteiger partial charge in [0, 0.05) is 26.3 Å². The molecule has 0 atom stereocenters. The third-order valence-electron chi connectivity index (χ3n) is 1.92. The maximum absolute atomic E-state index is 5.60. The molecule has 0 unspecified atom stereocenters. The number of anilines is 1. The lowest BCUT2D eigenvalue weighted by Gasteiger charge is -2.19. The Labute approximate surface area is 78.9 Å². The highest BCUT2D eigenvalue weighted by molar-refractivity contribution is 5.51. The second-order valence-corrected chi connectivity index (χ2v) is 2.88. The van der Waals surface area contributed by atoms with Crippen LogP contribution in [-0.2, 0) is 6.54 Å². The monoisotopic (exact) mass is 177 g/mol. The number of hydrogen-bond acceptors (Lipinski definition) is 3. The van der Waals surface area contributed by atoms with E-state index in [1.54, 1.807) is 6.20 Å². The van der Waals surface area contributed by atoms with Crippen LogP contribution in [0, 0.1) is 0 Å². The summed E-state index contributed by atoms with van der Waals surface area (Å²) in [7, 11) is 2.00. The number of rotatable bonds is 4. The third kappa shape index (κ3) is 2.29. The van der Waals surface area contributed by atoms with Crippen LogP contribution >= 0.6 is 0 Å².